The van der Waals surface area contributed by atoms with Crippen LogP contribution in [0.25, 0.3) is 0 Å². The molecule has 4 heteroatoms. The summed E-state index contributed by atoms with van der Waals surface area (Å²) < 4.78 is 0. The fraction of sp³-hybridized carbons (Fsp3) is 0.875. The second-order valence-corrected chi connectivity index (χ2v) is 4.18. The topological polar surface area (TPSA) is 50.1 Å². The maximum Gasteiger partial charge on any atom is 0.166 e. The molecule has 0 atom stereocenters. The Bertz CT molecular complexity index is 140. The fourth-order valence-corrected chi connectivity index (χ4v) is 1.10. The van der Waals surface area contributed by atoms with Gasteiger partial charge in [-0.15, -0.1) is 0 Å². The van der Waals surface area contributed by atoms with Crippen LogP contribution in [-0.2, 0) is 0 Å². The largest absolute Gasteiger partial charge is 0.363 e. The second kappa shape index (κ2) is 5.32. The molecule has 0 aromatic carbocycles. The number of hydrogen-bond donors (Lipinski definition) is 3. The Morgan fingerprint density at radius 3 is 2.42 bits per heavy atom. The maximum absolute atomic E-state index is 5.34. The molecule has 0 bridgehead atoms. The van der Waals surface area contributed by atoms with Gasteiger partial charge < -0.3 is 16.4 Å². The lowest BCUT2D eigenvalue weighted by atomic mass is 10.1. The lowest BCUT2D eigenvalue weighted by molar-refractivity contribution is 0.506. The van der Waals surface area contributed by atoms with Gasteiger partial charge in [-0.05, 0) is 46.0 Å². The zero-order chi connectivity index (χ0) is 9.61. The van der Waals surface area contributed by atoms with E-state index in [1.54, 1.807) is 0 Å². The summed E-state index contributed by atoms with van der Waals surface area (Å²) in [7, 11) is 0. The predicted octanol–water partition coefficient (Wildman–Crippen LogP) is 0.598. The molecule has 0 aromatic heterocycles. The average Bonchev–Trinajstić information content (AvgIpc) is 1.84. The molecule has 0 aromatic rings. The average molecular weight is 189 g/mol. The Morgan fingerprint density at radius 2 is 2.00 bits per heavy atom. The van der Waals surface area contributed by atoms with Crippen molar-refractivity contribution in [1.29, 1.82) is 0 Å². The third-order valence-corrected chi connectivity index (χ3v) is 1.40. The van der Waals surface area contributed by atoms with Crippen LogP contribution in [0.4, 0.5) is 0 Å². The summed E-state index contributed by atoms with van der Waals surface area (Å²) in [5, 5.41) is 6.94. The lowest BCUT2D eigenvalue weighted by Gasteiger charge is -2.22. The van der Waals surface area contributed by atoms with E-state index in [0.717, 1.165) is 13.0 Å². The molecule has 0 saturated carbocycles. The molecule has 4 N–H and O–H groups in total. The quantitative estimate of drug-likeness (QED) is 0.449. The van der Waals surface area contributed by atoms with E-state index in [-0.39, 0.29) is 5.54 Å². The Hall–Kier alpha value is -0.350. The molecule has 0 aliphatic heterocycles. The van der Waals surface area contributed by atoms with E-state index in [1.165, 1.54) is 0 Å². The molecule has 0 fully saturated rings. The number of nitrogens with one attached hydrogen (secondary N) is 2. The molecular weight excluding hydrogens is 170 g/mol. The van der Waals surface area contributed by atoms with Gasteiger partial charge in [0, 0.05) is 12.1 Å². The fourth-order valence-electron chi connectivity index (χ4n) is 0.689. The summed E-state index contributed by atoms with van der Waals surface area (Å²) >= 11 is 5.05. The third kappa shape index (κ3) is 7.75. The number of rotatable bonds is 3. The summed E-state index contributed by atoms with van der Waals surface area (Å²) in [6, 6.07) is 0. The van der Waals surface area contributed by atoms with Gasteiger partial charge in [0.2, 0.25) is 0 Å². The molecule has 0 heterocycles. The van der Waals surface area contributed by atoms with E-state index in [1.807, 2.05) is 0 Å². The molecule has 3 nitrogen and oxygen atoms in total. The zero-order valence-corrected chi connectivity index (χ0v) is 8.92. The van der Waals surface area contributed by atoms with Gasteiger partial charge in [0.15, 0.2) is 5.11 Å². The van der Waals surface area contributed by atoms with E-state index < -0.39 is 0 Å². The molecule has 0 aliphatic rings. The van der Waals surface area contributed by atoms with E-state index in [0.29, 0.717) is 11.7 Å². The number of hydrogen-bond acceptors (Lipinski definition) is 2. The minimum Gasteiger partial charge on any atom is -0.363 e. The van der Waals surface area contributed by atoms with Gasteiger partial charge in [-0.3, -0.25) is 0 Å². The molecular formula is C8H19N3S. The van der Waals surface area contributed by atoms with Crippen molar-refractivity contribution in [1.82, 2.24) is 10.6 Å². The summed E-state index contributed by atoms with van der Waals surface area (Å²) in [6.07, 6.45) is 0.950. The van der Waals surface area contributed by atoms with Crippen molar-refractivity contribution in [2.45, 2.75) is 32.7 Å². The molecule has 12 heavy (non-hydrogen) atoms. The number of thiocarbonyl (C=S) groups is 1. The SMILES string of the molecule is CC(C)(C)NC(=S)NCCCN. The maximum atomic E-state index is 5.34. The summed E-state index contributed by atoms with van der Waals surface area (Å²) in [5.74, 6) is 0. The van der Waals surface area contributed by atoms with Crippen molar-refractivity contribution in [2.75, 3.05) is 13.1 Å². The molecule has 0 radical (unpaired) electrons. The van der Waals surface area contributed by atoms with Crippen LogP contribution in [0.5, 0.6) is 0 Å². The first kappa shape index (κ1) is 11.6. The highest BCUT2D eigenvalue weighted by atomic mass is 32.1. The highest BCUT2D eigenvalue weighted by molar-refractivity contribution is 7.80. The van der Waals surface area contributed by atoms with Crippen LogP contribution < -0.4 is 16.4 Å². The molecule has 0 unspecified atom stereocenters. The molecule has 0 saturated heterocycles. The standard InChI is InChI=1S/C8H19N3S/c1-8(2,3)11-7(12)10-6-4-5-9/h4-6,9H2,1-3H3,(H2,10,11,12). The highest BCUT2D eigenvalue weighted by Crippen LogP contribution is 1.97. The summed E-state index contributed by atoms with van der Waals surface area (Å²) in [5.41, 5.74) is 5.37. The summed E-state index contributed by atoms with van der Waals surface area (Å²) in [4.78, 5) is 0. The van der Waals surface area contributed by atoms with Gasteiger partial charge >= 0.3 is 0 Å². The van der Waals surface area contributed by atoms with Crippen LogP contribution in [0.1, 0.15) is 27.2 Å². The van der Waals surface area contributed by atoms with Crippen LogP contribution in [0.3, 0.4) is 0 Å². The minimum atomic E-state index is 0.0345. The molecule has 0 aliphatic carbocycles. The first-order valence-electron chi connectivity index (χ1n) is 4.22. The van der Waals surface area contributed by atoms with Gasteiger partial charge in [0.05, 0.1) is 0 Å². The van der Waals surface area contributed by atoms with Crippen molar-refractivity contribution >= 4 is 17.3 Å². The first-order valence-corrected chi connectivity index (χ1v) is 4.62. The Morgan fingerprint density at radius 1 is 1.42 bits per heavy atom. The van der Waals surface area contributed by atoms with Gasteiger partial charge in [-0.25, -0.2) is 0 Å². The molecule has 72 valence electrons. The summed E-state index contributed by atoms with van der Waals surface area (Å²) in [6.45, 7) is 7.77. The predicted molar refractivity (Wildman–Crippen MR) is 57.2 cm³/mol. The van der Waals surface area contributed by atoms with E-state index in [9.17, 15) is 0 Å². The second-order valence-electron chi connectivity index (χ2n) is 3.77. The van der Waals surface area contributed by atoms with Crippen molar-refractivity contribution in [3.05, 3.63) is 0 Å². The van der Waals surface area contributed by atoms with Gasteiger partial charge in [0.1, 0.15) is 0 Å². The van der Waals surface area contributed by atoms with Crippen LogP contribution in [0.15, 0.2) is 0 Å². The van der Waals surface area contributed by atoms with Crippen LogP contribution in [-0.4, -0.2) is 23.7 Å². The van der Waals surface area contributed by atoms with Crippen molar-refractivity contribution in [3.63, 3.8) is 0 Å². The van der Waals surface area contributed by atoms with Crippen molar-refractivity contribution in [3.8, 4) is 0 Å². The lowest BCUT2D eigenvalue weighted by Crippen LogP contribution is -2.46. The third-order valence-electron chi connectivity index (χ3n) is 1.15. The van der Waals surface area contributed by atoms with Crippen molar-refractivity contribution < 1.29 is 0 Å². The minimum absolute atomic E-state index is 0.0345. The normalized spacial score (nSPS) is 11.0. The van der Waals surface area contributed by atoms with Gasteiger partial charge in [0.25, 0.3) is 0 Å². The van der Waals surface area contributed by atoms with E-state index in [4.69, 9.17) is 18.0 Å². The Kier molecular flexibility index (Phi) is 5.17. The van der Waals surface area contributed by atoms with Gasteiger partial charge in [-0.2, -0.15) is 0 Å². The highest BCUT2D eigenvalue weighted by Gasteiger charge is 2.09. The molecule has 0 rings (SSSR count). The van der Waals surface area contributed by atoms with Crippen LogP contribution >= 0.6 is 12.2 Å². The van der Waals surface area contributed by atoms with Crippen LogP contribution in [0.2, 0.25) is 0 Å². The van der Waals surface area contributed by atoms with E-state index >= 15 is 0 Å². The number of nitrogens with two attached hydrogens (primary N) is 1. The zero-order valence-electron chi connectivity index (χ0n) is 8.11. The van der Waals surface area contributed by atoms with Crippen molar-refractivity contribution in [2.24, 2.45) is 5.73 Å². The Balaban J connectivity index is 3.47. The van der Waals surface area contributed by atoms with Gasteiger partial charge in [-0.1, -0.05) is 0 Å². The monoisotopic (exact) mass is 189 g/mol. The van der Waals surface area contributed by atoms with E-state index in [2.05, 4.69) is 31.4 Å². The van der Waals surface area contributed by atoms with Crippen LogP contribution in [0, 0.1) is 0 Å². The smallest absolute Gasteiger partial charge is 0.166 e. The first-order chi connectivity index (χ1) is 5.45. The molecule has 0 spiro atoms. The Labute approximate surface area is 80.1 Å². The molecule has 0 amide bonds.